The Kier molecular flexibility index (Phi) is 5.88. The molecule has 1 N–H and O–H groups in total. The lowest BCUT2D eigenvalue weighted by Gasteiger charge is -2.04. The van der Waals surface area contributed by atoms with Crippen molar-refractivity contribution in [1.29, 1.82) is 0 Å². The van der Waals surface area contributed by atoms with E-state index in [0.29, 0.717) is 6.61 Å². The molecule has 0 fully saturated rings. The lowest BCUT2D eigenvalue weighted by atomic mass is 10.3. The van der Waals surface area contributed by atoms with Crippen LogP contribution < -0.4 is 10.1 Å². The molecule has 0 unspecified atom stereocenters. The van der Waals surface area contributed by atoms with Crippen LogP contribution in [-0.2, 0) is 0 Å². The molecule has 0 spiro atoms. The molecule has 2 aromatic carbocycles. The van der Waals surface area contributed by atoms with Gasteiger partial charge in [-0.05, 0) is 30.7 Å². The Balaban J connectivity index is 1.38. The van der Waals surface area contributed by atoms with E-state index < -0.39 is 0 Å². The van der Waals surface area contributed by atoms with Crippen LogP contribution in [0.15, 0.2) is 65.0 Å². The number of hydrogen-bond acceptors (Lipinski definition) is 6. The standard InChI is InChI=1S/C17H17N3OS2/c1-3-8-14(9-4-1)18-16-19-20-17(23-16)22-13-7-12-21-15-10-5-2-6-11-15/h1-6,8-11H,7,12-13H2,(H,18,19). The summed E-state index contributed by atoms with van der Waals surface area (Å²) in [6, 6.07) is 19.9. The molecule has 6 heteroatoms. The monoisotopic (exact) mass is 343 g/mol. The molecule has 0 bridgehead atoms. The third kappa shape index (κ3) is 5.26. The number of nitrogens with one attached hydrogen (secondary N) is 1. The number of ether oxygens (including phenoxy) is 1. The minimum absolute atomic E-state index is 0.713. The van der Waals surface area contributed by atoms with Gasteiger partial charge in [0.1, 0.15) is 5.75 Å². The lowest BCUT2D eigenvalue weighted by Crippen LogP contribution is -1.98. The Morgan fingerprint density at radius 2 is 1.70 bits per heavy atom. The summed E-state index contributed by atoms with van der Waals surface area (Å²) in [6.45, 7) is 0.713. The summed E-state index contributed by atoms with van der Waals surface area (Å²) in [5.74, 6) is 1.88. The van der Waals surface area contributed by atoms with E-state index in [4.69, 9.17) is 4.74 Å². The fraction of sp³-hybridized carbons (Fsp3) is 0.176. The summed E-state index contributed by atoms with van der Waals surface area (Å²) in [5.41, 5.74) is 1.02. The van der Waals surface area contributed by atoms with Crippen molar-refractivity contribution in [1.82, 2.24) is 10.2 Å². The Hall–Kier alpha value is -2.05. The molecule has 0 aliphatic heterocycles. The van der Waals surface area contributed by atoms with Crippen molar-refractivity contribution in [3.8, 4) is 5.75 Å². The molecule has 118 valence electrons. The highest BCUT2D eigenvalue weighted by Gasteiger charge is 2.05. The molecule has 3 aromatic rings. The number of thioether (sulfide) groups is 1. The van der Waals surface area contributed by atoms with Crippen molar-refractivity contribution in [3.63, 3.8) is 0 Å². The van der Waals surface area contributed by atoms with Gasteiger partial charge in [0, 0.05) is 11.4 Å². The number of benzene rings is 2. The van der Waals surface area contributed by atoms with Gasteiger partial charge in [0.25, 0.3) is 0 Å². The molecule has 0 aliphatic carbocycles. The second-order valence-corrected chi connectivity index (χ2v) is 7.05. The average Bonchev–Trinajstić information content (AvgIpc) is 3.04. The highest BCUT2D eigenvalue weighted by molar-refractivity contribution is 8.01. The topological polar surface area (TPSA) is 47.0 Å². The van der Waals surface area contributed by atoms with Gasteiger partial charge in [-0.25, -0.2) is 0 Å². The fourth-order valence-electron chi connectivity index (χ4n) is 1.89. The number of anilines is 2. The maximum atomic E-state index is 5.67. The number of para-hydroxylation sites is 2. The van der Waals surface area contributed by atoms with E-state index in [9.17, 15) is 0 Å². The zero-order chi connectivity index (χ0) is 15.7. The maximum absolute atomic E-state index is 5.67. The molecule has 4 nitrogen and oxygen atoms in total. The number of aromatic nitrogens is 2. The molecule has 0 aliphatic rings. The molecule has 0 saturated heterocycles. The first kappa shape index (κ1) is 15.8. The zero-order valence-electron chi connectivity index (χ0n) is 12.5. The first-order valence-electron chi connectivity index (χ1n) is 7.36. The van der Waals surface area contributed by atoms with Crippen molar-refractivity contribution < 1.29 is 4.74 Å². The number of nitrogens with zero attached hydrogens (tertiary/aromatic N) is 2. The van der Waals surface area contributed by atoms with E-state index in [1.165, 1.54) is 0 Å². The normalized spacial score (nSPS) is 10.4. The van der Waals surface area contributed by atoms with Crippen molar-refractivity contribution in [3.05, 3.63) is 60.7 Å². The highest BCUT2D eigenvalue weighted by Crippen LogP contribution is 2.27. The lowest BCUT2D eigenvalue weighted by molar-refractivity contribution is 0.318. The Morgan fingerprint density at radius 3 is 2.48 bits per heavy atom. The molecule has 3 rings (SSSR count). The van der Waals surface area contributed by atoms with Crippen molar-refractivity contribution in [2.45, 2.75) is 10.8 Å². The van der Waals surface area contributed by atoms with Crippen LogP contribution in [0.5, 0.6) is 5.75 Å². The van der Waals surface area contributed by atoms with Gasteiger partial charge in [0.15, 0.2) is 4.34 Å². The average molecular weight is 343 g/mol. The predicted octanol–water partition coefficient (Wildman–Crippen LogP) is 4.84. The van der Waals surface area contributed by atoms with Crippen LogP contribution in [0, 0.1) is 0 Å². The second-order valence-electron chi connectivity index (χ2n) is 4.73. The molecular formula is C17H17N3OS2. The Bertz CT molecular complexity index is 704. The molecule has 1 aromatic heterocycles. The van der Waals surface area contributed by atoms with Crippen LogP contribution in [-0.4, -0.2) is 22.6 Å². The predicted molar refractivity (Wildman–Crippen MR) is 96.9 cm³/mol. The number of hydrogen-bond donors (Lipinski definition) is 1. The van der Waals surface area contributed by atoms with Crippen LogP contribution in [0.4, 0.5) is 10.8 Å². The van der Waals surface area contributed by atoms with Gasteiger partial charge >= 0.3 is 0 Å². The summed E-state index contributed by atoms with van der Waals surface area (Å²) in [7, 11) is 0. The molecule has 0 atom stereocenters. The van der Waals surface area contributed by atoms with E-state index in [1.807, 2.05) is 60.7 Å². The largest absolute Gasteiger partial charge is 0.494 e. The second kappa shape index (κ2) is 8.55. The summed E-state index contributed by atoms with van der Waals surface area (Å²) in [6.07, 6.45) is 0.973. The van der Waals surface area contributed by atoms with E-state index in [2.05, 4.69) is 15.5 Å². The van der Waals surface area contributed by atoms with Crippen molar-refractivity contribution in [2.75, 3.05) is 17.7 Å². The molecule has 0 saturated carbocycles. The molecule has 1 heterocycles. The van der Waals surface area contributed by atoms with Gasteiger partial charge < -0.3 is 10.1 Å². The minimum Gasteiger partial charge on any atom is -0.494 e. The van der Waals surface area contributed by atoms with Crippen molar-refractivity contribution in [2.24, 2.45) is 0 Å². The molecule has 0 amide bonds. The summed E-state index contributed by atoms with van der Waals surface area (Å²) < 4.78 is 6.64. The SMILES string of the molecule is c1ccc(Nc2nnc(SCCCOc3ccccc3)s2)cc1. The van der Waals surface area contributed by atoms with Crippen LogP contribution in [0.3, 0.4) is 0 Å². The van der Waals surface area contributed by atoms with Gasteiger partial charge in [-0.3, -0.25) is 0 Å². The molecule has 23 heavy (non-hydrogen) atoms. The van der Waals surface area contributed by atoms with Crippen LogP contribution in [0.1, 0.15) is 6.42 Å². The van der Waals surface area contributed by atoms with E-state index in [0.717, 1.165) is 33.1 Å². The Labute approximate surface area is 143 Å². The van der Waals surface area contributed by atoms with E-state index >= 15 is 0 Å². The molecular weight excluding hydrogens is 326 g/mol. The highest BCUT2D eigenvalue weighted by atomic mass is 32.2. The summed E-state index contributed by atoms with van der Waals surface area (Å²) in [4.78, 5) is 0. The minimum atomic E-state index is 0.713. The molecule has 0 radical (unpaired) electrons. The Morgan fingerprint density at radius 1 is 0.957 bits per heavy atom. The van der Waals surface area contributed by atoms with Gasteiger partial charge in [-0.1, -0.05) is 59.5 Å². The quantitative estimate of drug-likeness (QED) is 0.468. The third-order valence-corrected chi connectivity index (χ3v) is 5.02. The van der Waals surface area contributed by atoms with Crippen molar-refractivity contribution >= 4 is 33.9 Å². The van der Waals surface area contributed by atoms with Crippen LogP contribution in [0.25, 0.3) is 0 Å². The van der Waals surface area contributed by atoms with Gasteiger partial charge in [0.2, 0.25) is 5.13 Å². The fourth-order valence-corrected chi connectivity index (χ4v) is 3.64. The van der Waals surface area contributed by atoms with Gasteiger partial charge in [-0.2, -0.15) is 0 Å². The first-order valence-corrected chi connectivity index (χ1v) is 9.16. The van der Waals surface area contributed by atoms with E-state index in [-0.39, 0.29) is 0 Å². The number of rotatable bonds is 8. The van der Waals surface area contributed by atoms with Crippen LogP contribution in [0.2, 0.25) is 0 Å². The first-order chi connectivity index (χ1) is 11.4. The van der Waals surface area contributed by atoms with Crippen LogP contribution >= 0.6 is 23.1 Å². The third-order valence-electron chi connectivity index (χ3n) is 2.96. The summed E-state index contributed by atoms with van der Waals surface area (Å²) >= 11 is 3.28. The zero-order valence-corrected chi connectivity index (χ0v) is 14.1. The summed E-state index contributed by atoms with van der Waals surface area (Å²) in [5, 5.41) is 12.4. The maximum Gasteiger partial charge on any atom is 0.210 e. The van der Waals surface area contributed by atoms with Gasteiger partial charge in [0.05, 0.1) is 6.61 Å². The van der Waals surface area contributed by atoms with Gasteiger partial charge in [-0.15, -0.1) is 10.2 Å². The smallest absolute Gasteiger partial charge is 0.210 e. The van der Waals surface area contributed by atoms with E-state index in [1.54, 1.807) is 23.1 Å².